The zero-order valence-electron chi connectivity index (χ0n) is 15.5. The number of hydrogen-bond acceptors (Lipinski definition) is 5. The van der Waals surface area contributed by atoms with Gasteiger partial charge in [-0.15, -0.1) is 0 Å². The Hall–Kier alpha value is -2.73. The number of nitrogens with one attached hydrogen (secondary N) is 1. The molecule has 0 radical (unpaired) electrons. The van der Waals surface area contributed by atoms with Gasteiger partial charge in [0, 0.05) is 30.3 Å². The topological polar surface area (TPSA) is 77.0 Å². The number of methoxy groups -OCH3 is 3. The number of carbonyl (C=O) groups is 1. The van der Waals surface area contributed by atoms with Gasteiger partial charge in [-0.25, -0.2) is 4.79 Å². The first-order valence-corrected chi connectivity index (χ1v) is 8.33. The van der Waals surface area contributed by atoms with Crippen LogP contribution in [0.2, 0.25) is 0 Å². The predicted octanol–water partition coefficient (Wildman–Crippen LogP) is 3.13. The van der Waals surface area contributed by atoms with Crippen molar-refractivity contribution in [2.75, 3.05) is 21.3 Å². The first-order valence-electron chi connectivity index (χ1n) is 8.33. The normalized spacial score (nSPS) is 11.7. The van der Waals surface area contributed by atoms with Gasteiger partial charge in [0.2, 0.25) is 0 Å². The van der Waals surface area contributed by atoms with Gasteiger partial charge in [0.25, 0.3) is 0 Å². The Morgan fingerprint density at radius 2 is 1.73 bits per heavy atom. The average Bonchev–Trinajstić information content (AvgIpc) is 2.66. The van der Waals surface area contributed by atoms with Crippen LogP contribution < -0.4 is 19.5 Å². The van der Waals surface area contributed by atoms with Crippen LogP contribution in [-0.2, 0) is 13.0 Å². The summed E-state index contributed by atoms with van der Waals surface area (Å²) in [5.41, 5.74) is 2.16. The third-order valence-electron chi connectivity index (χ3n) is 4.16. The van der Waals surface area contributed by atoms with Gasteiger partial charge in [-0.2, -0.15) is 0 Å². The average molecular weight is 359 g/mol. The number of carboxylic acid groups (broad SMARTS) is 1. The van der Waals surface area contributed by atoms with Crippen LogP contribution in [0.3, 0.4) is 0 Å². The van der Waals surface area contributed by atoms with Crippen molar-refractivity contribution >= 4 is 5.97 Å². The van der Waals surface area contributed by atoms with Crippen molar-refractivity contribution in [1.82, 2.24) is 5.32 Å². The lowest BCUT2D eigenvalue weighted by Crippen LogP contribution is -2.28. The maximum absolute atomic E-state index is 11.1. The van der Waals surface area contributed by atoms with E-state index in [1.54, 1.807) is 39.5 Å². The second-order valence-corrected chi connectivity index (χ2v) is 6.00. The van der Waals surface area contributed by atoms with E-state index < -0.39 is 5.97 Å². The molecule has 1 unspecified atom stereocenters. The van der Waals surface area contributed by atoms with E-state index in [0.29, 0.717) is 30.2 Å². The van der Waals surface area contributed by atoms with Crippen LogP contribution in [0, 0.1) is 0 Å². The van der Waals surface area contributed by atoms with Gasteiger partial charge in [0.15, 0.2) is 0 Å². The fraction of sp³-hybridized carbons (Fsp3) is 0.350. The van der Waals surface area contributed by atoms with E-state index in [9.17, 15) is 4.79 Å². The van der Waals surface area contributed by atoms with Crippen molar-refractivity contribution in [3.8, 4) is 17.2 Å². The van der Waals surface area contributed by atoms with E-state index >= 15 is 0 Å². The molecule has 0 heterocycles. The number of carboxylic acids is 1. The first kappa shape index (κ1) is 19.6. The van der Waals surface area contributed by atoms with Gasteiger partial charge in [-0.3, -0.25) is 0 Å². The smallest absolute Gasteiger partial charge is 0.335 e. The molecule has 140 valence electrons. The summed E-state index contributed by atoms with van der Waals surface area (Å²) in [6.07, 6.45) is 0.689. The molecule has 0 aliphatic heterocycles. The molecular weight excluding hydrogens is 334 g/mol. The Bertz CT molecular complexity index is 735. The standard InChI is InChI=1S/C20H25NO5/c1-13(21-12-14-6-5-7-15(9-14)20(22)23)8-17-18(25-3)10-16(24-2)11-19(17)26-4/h5-7,9-11,13,21H,8,12H2,1-4H3,(H,22,23). The van der Waals surface area contributed by atoms with E-state index in [2.05, 4.69) is 12.2 Å². The lowest BCUT2D eigenvalue weighted by Gasteiger charge is -2.19. The van der Waals surface area contributed by atoms with Crippen molar-refractivity contribution in [3.63, 3.8) is 0 Å². The fourth-order valence-corrected chi connectivity index (χ4v) is 2.76. The molecular formula is C20H25NO5. The molecule has 0 fully saturated rings. The highest BCUT2D eigenvalue weighted by atomic mass is 16.5. The summed E-state index contributed by atoms with van der Waals surface area (Å²) in [5, 5.41) is 12.5. The molecule has 0 saturated carbocycles. The number of hydrogen-bond donors (Lipinski definition) is 2. The molecule has 1 atom stereocenters. The Morgan fingerprint density at radius 1 is 1.08 bits per heavy atom. The summed E-state index contributed by atoms with van der Waals surface area (Å²) in [6.45, 7) is 2.63. The summed E-state index contributed by atoms with van der Waals surface area (Å²) in [5.74, 6) is 1.17. The van der Waals surface area contributed by atoms with Crippen molar-refractivity contribution in [2.24, 2.45) is 0 Å². The summed E-state index contributed by atoms with van der Waals surface area (Å²) in [6, 6.07) is 10.7. The summed E-state index contributed by atoms with van der Waals surface area (Å²) in [7, 11) is 4.84. The molecule has 2 N–H and O–H groups in total. The maximum atomic E-state index is 11.1. The van der Waals surface area contributed by atoms with Gasteiger partial charge in [-0.1, -0.05) is 12.1 Å². The molecule has 6 nitrogen and oxygen atoms in total. The Kier molecular flexibility index (Phi) is 6.86. The van der Waals surface area contributed by atoms with Crippen LogP contribution in [-0.4, -0.2) is 38.4 Å². The highest BCUT2D eigenvalue weighted by molar-refractivity contribution is 5.87. The summed E-state index contributed by atoms with van der Waals surface area (Å²) in [4.78, 5) is 11.1. The fourth-order valence-electron chi connectivity index (χ4n) is 2.76. The SMILES string of the molecule is COc1cc(OC)c(CC(C)NCc2cccc(C(=O)O)c2)c(OC)c1. The molecule has 0 aliphatic carbocycles. The van der Waals surface area contributed by atoms with Crippen LogP contribution in [0.25, 0.3) is 0 Å². The van der Waals surface area contributed by atoms with Crippen LogP contribution in [0.15, 0.2) is 36.4 Å². The first-order chi connectivity index (χ1) is 12.5. The lowest BCUT2D eigenvalue weighted by atomic mass is 10.0. The molecule has 0 aromatic heterocycles. The van der Waals surface area contributed by atoms with Gasteiger partial charge < -0.3 is 24.6 Å². The molecule has 2 rings (SSSR count). The minimum atomic E-state index is -0.924. The Labute approximate surface area is 153 Å². The molecule has 0 bridgehead atoms. The molecule has 6 heteroatoms. The van der Waals surface area contributed by atoms with Crippen molar-refractivity contribution in [2.45, 2.75) is 25.9 Å². The van der Waals surface area contributed by atoms with Gasteiger partial charge in [0.1, 0.15) is 17.2 Å². The quantitative estimate of drug-likeness (QED) is 0.716. The second kappa shape index (κ2) is 9.10. The van der Waals surface area contributed by atoms with E-state index in [1.807, 2.05) is 18.2 Å². The van der Waals surface area contributed by atoms with Crippen molar-refractivity contribution < 1.29 is 24.1 Å². The number of ether oxygens (including phenoxy) is 3. The number of aromatic carboxylic acids is 1. The van der Waals surface area contributed by atoms with Crippen LogP contribution in [0.4, 0.5) is 0 Å². The molecule has 26 heavy (non-hydrogen) atoms. The highest BCUT2D eigenvalue weighted by Crippen LogP contribution is 2.34. The zero-order chi connectivity index (χ0) is 19.1. The number of rotatable bonds is 9. The highest BCUT2D eigenvalue weighted by Gasteiger charge is 2.16. The second-order valence-electron chi connectivity index (χ2n) is 6.00. The minimum Gasteiger partial charge on any atom is -0.496 e. The van der Waals surface area contributed by atoms with E-state index in [-0.39, 0.29) is 11.6 Å². The van der Waals surface area contributed by atoms with E-state index in [0.717, 1.165) is 11.1 Å². The van der Waals surface area contributed by atoms with Gasteiger partial charge in [-0.05, 0) is 31.0 Å². The minimum absolute atomic E-state index is 0.125. The number of benzene rings is 2. The van der Waals surface area contributed by atoms with Crippen molar-refractivity contribution in [1.29, 1.82) is 0 Å². The summed E-state index contributed by atoms with van der Waals surface area (Å²) < 4.78 is 16.2. The Morgan fingerprint density at radius 3 is 2.27 bits per heavy atom. The molecule has 0 saturated heterocycles. The molecule has 2 aromatic carbocycles. The predicted molar refractivity (Wildman–Crippen MR) is 99.5 cm³/mol. The monoisotopic (exact) mass is 359 g/mol. The molecule has 0 spiro atoms. The maximum Gasteiger partial charge on any atom is 0.335 e. The van der Waals surface area contributed by atoms with Gasteiger partial charge in [0.05, 0.1) is 26.9 Å². The third kappa shape index (κ3) is 4.89. The van der Waals surface area contributed by atoms with Crippen LogP contribution in [0.5, 0.6) is 17.2 Å². The molecule has 0 aliphatic rings. The van der Waals surface area contributed by atoms with Crippen LogP contribution in [0.1, 0.15) is 28.4 Å². The Balaban J connectivity index is 2.09. The van der Waals surface area contributed by atoms with Crippen molar-refractivity contribution in [3.05, 3.63) is 53.1 Å². The third-order valence-corrected chi connectivity index (χ3v) is 4.16. The van der Waals surface area contributed by atoms with E-state index in [1.165, 1.54) is 0 Å². The largest absolute Gasteiger partial charge is 0.496 e. The molecule has 0 amide bonds. The van der Waals surface area contributed by atoms with E-state index in [4.69, 9.17) is 19.3 Å². The molecule has 2 aromatic rings. The van der Waals surface area contributed by atoms with Crippen LogP contribution >= 0.6 is 0 Å². The lowest BCUT2D eigenvalue weighted by molar-refractivity contribution is 0.0696. The van der Waals surface area contributed by atoms with Gasteiger partial charge >= 0.3 is 5.97 Å². The summed E-state index contributed by atoms with van der Waals surface area (Å²) >= 11 is 0. The zero-order valence-corrected chi connectivity index (χ0v) is 15.5.